The maximum atomic E-state index is 12.6. The lowest BCUT2D eigenvalue weighted by Gasteiger charge is -2.16. The summed E-state index contributed by atoms with van der Waals surface area (Å²) in [7, 11) is 0. The Morgan fingerprint density at radius 2 is 2.11 bits per heavy atom. The van der Waals surface area contributed by atoms with Gasteiger partial charge in [-0.25, -0.2) is 9.97 Å². The Labute approximate surface area is 169 Å². The van der Waals surface area contributed by atoms with E-state index in [2.05, 4.69) is 15.3 Å². The van der Waals surface area contributed by atoms with Gasteiger partial charge in [-0.05, 0) is 19.1 Å². The van der Waals surface area contributed by atoms with E-state index in [9.17, 15) is 14.7 Å². The van der Waals surface area contributed by atoms with Crippen molar-refractivity contribution in [1.82, 2.24) is 9.97 Å². The fourth-order valence-electron chi connectivity index (χ4n) is 3.14. The third-order valence-corrected chi connectivity index (χ3v) is 6.43. The zero-order chi connectivity index (χ0) is 19.7. The van der Waals surface area contributed by atoms with E-state index in [0.29, 0.717) is 16.7 Å². The van der Waals surface area contributed by atoms with Crippen LogP contribution in [-0.2, 0) is 16.2 Å². The second-order valence-electron chi connectivity index (χ2n) is 6.45. The van der Waals surface area contributed by atoms with Gasteiger partial charge in [-0.2, -0.15) is 0 Å². The van der Waals surface area contributed by atoms with E-state index < -0.39 is 5.92 Å². The smallest absolute Gasteiger partial charge is 0.231 e. The minimum Gasteiger partial charge on any atom is -0.389 e. The van der Waals surface area contributed by atoms with Crippen molar-refractivity contribution >= 4 is 45.3 Å². The molecule has 2 amide bonds. The van der Waals surface area contributed by atoms with Crippen molar-refractivity contribution < 1.29 is 14.7 Å². The van der Waals surface area contributed by atoms with Crippen LogP contribution in [0.25, 0.3) is 10.6 Å². The van der Waals surface area contributed by atoms with Crippen LogP contribution in [0.5, 0.6) is 0 Å². The van der Waals surface area contributed by atoms with Crippen molar-refractivity contribution in [3.63, 3.8) is 0 Å². The molecule has 4 rings (SSSR count). The van der Waals surface area contributed by atoms with Crippen LogP contribution in [0.3, 0.4) is 0 Å². The summed E-state index contributed by atoms with van der Waals surface area (Å²) in [5.41, 5.74) is 2.33. The van der Waals surface area contributed by atoms with Crippen molar-refractivity contribution in [1.29, 1.82) is 0 Å². The molecule has 9 heteroatoms. The topological polar surface area (TPSA) is 95.4 Å². The molecule has 1 aliphatic heterocycles. The molecule has 1 saturated heterocycles. The van der Waals surface area contributed by atoms with E-state index in [-0.39, 0.29) is 24.8 Å². The van der Waals surface area contributed by atoms with Crippen molar-refractivity contribution in [3.8, 4) is 10.6 Å². The maximum absolute atomic E-state index is 12.6. The molecule has 28 heavy (non-hydrogen) atoms. The van der Waals surface area contributed by atoms with Crippen LogP contribution in [0.15, 0.2) is 35.7 Å². The van der Waals surface area contributed by atoms with Crippen LogP contribution >= 0.6 is 22.7 Å². The van der Waals surface area contributed by atoms with E-state index in [0.717, 1.165) is 22.0 Å². The summed E-state index contributed by atoms with van der Waals surface area (Å²) < 4.78 is 0. The molecule has 3 aromatic rings. The Balaban J connectivity index is 1.44. The number of benzene rings is 1. The third-order valence-electron chi connectivity index (χ3n) is 4.51. The van der Waals surface area contributed by atoms with E-state index in [1.807, 2.05) is 42.6 Å². The van der Waals surface area contributed by atoms with Crippen LogP contribution in [0, 0.1) is 12.8 Å². The quantitative estimate of drug-likeness (QED) is 0.669. The minimum atomic E-state index is -0.411. The second-order valence-corrected chi connectivity index (χ2v) is 8.39. The summed E-state index contributed by atoms with van der Waals surface area (Å²) in [6.07, 6.45) is 0.187. The number of para-hydroxylation sites is 1. The van der Waals surface area contributed by atoms with Gasteiger partial charge >= 0.3 is 0 Å². The molecule has 2 aromatic heterocycles. The zero-order valence-electron chi connectivity index (χ0n) is 15.1. The predicted octanol–water partition coefficient (Wildman–Crippen LogP) is 3.06. The first kappa shape index (κ1) is 18.7. The number of rotatable bonds is 5. The Hall–Kier alpha value is -2.62. The molecule has 0 aliphatic carbocycles. The molecule has 0 bridgehead atoms. The first-order valence-electron chi connectivity index (χ1n) is 8.74. The number of aromatic nitrogens is 2. The lowest BCUT2D eigenvalue weighted by molar-refractivity contribution is -0.122. The van der Waals surface area contributed by atoms with Crippen LogP contribution < -0.4 is 10.2 Å². The normalized spacial score (nSPS) is 16.6. The number of carbonyl (C=O) groups is 2. The van der Waals surface area contributed by atoms with Crippen LogP contribution in [0.1, 0.15) is 17.1 Å². The first-order valence-corrected chi connectivity index (χ1v) is 10.4. The molecule has 0 saturated carbocycles. The number of hydrogen-bond acceptors (Lipinski definition) is 7. The highest BCUT2D eigenvalue weighted by molar-refractivity contribution is 7.17. The van der Waals surface area contributed by atoms with E-state index in [4.69, 9.17) is 0 Å². The third kappa shape index (κ3) is 3.68. The molecule has 1 aromatic carbocycles. The van der Waals surface area contributed by atoms with Gasteiger partial charge in [0.1, 0.15) is 5.01 Å². The number of hydrogen-bond donors (Lipinski definition) is 2. The van der Waals surface area contributed by atoms with Gasteiger partial charge in [-0.1, -0.05) is 18.2 Å². The Kier molecular flexibility index (Phi) is 5.21. The molecule has 2 N–H and O–H groups in total. The number of aryl methyl sites for hydroxylation is 1. The molecule has 144 valence electrons. The van der Waals surface area contributed by atoms with E-state index >= 15 is 0 Å². The van der Waals surface area contributed by atoms with Crippen molar-refractivity contribution in [2.75, 3.05) is 16.8 Å². The van der Waals surface area contributed by atoms with Gasteiger partial charge in [0.25, 0.3) is 0 Å². The fourth-order valence-corrected chi connectivity index (χ4v) is 4.81. The molecule has 1 aliphatic rings. The van der Waals surface area contributed by atoms with E-state index in [1.165, 1.54) is 22.7 Å². The van der Waals surface area contributed by atoms with Gasteiger partial charge in [0, 0.05) is 24.0 Å². The SMILES string of the molecule is Cc1nc(CO)sc1-c1csc(NC(=O)C2CC(=O)N(c3ccccc3)C2)n1. The fraction of sp³-hybridized carbons (Fsp3) is 0.263. The average Bonchev–Trinajstić information content (AvgIpc) is 3.41. The lowest BCUT2D eigenvalue weighted by Crippen LogP contribution is -2.28. The molecule has 1 unspecified atom stereocenters. The van der Waals surface area contributed by atoms with Crippen LogP contribution in [-0.4, -0.2) is 33.4 Å². The maximum Gasteiger partial charge on any atom is 0.231 e. The van der Waals surface area contributed by atoms with Gasteiger partial charge in [0.15, 0.2) is 5.13 Å². The number of aliphatic hydroxyl groups excluding tert-OH is 1. The number of thiazole rings is 2. The van der Waals surface area contributed by atoms with Crippen molar-refractivity contribution in [2.45, 2.75) is 20.0 Å². The van der Waals surface area contributed by atoms with E-state index in [1.54, 1.807) is 4.90 Å². The van der Waals surface area contributed by atoms with Gasteiger partial charge in [-0.15, -0.1) is 22.7 Å². The Morgan fingerprint density at radius 1 is 1.32 bits per heavy atom. The molecule has 1 fully saturated rings. The molecule has 7 nitrogen and oxygen atoms in total. The monoisotopic (exact) mass is 414 g/mol. The van der Waals surface area contributed by atoms with Crippen LogP contribution in [0.4, 0.5) is 10.8 Å². The van der Waals surface area contributed by atoms with Gasteiger partial charge in [0.2, 0.25) is 11.8 Å². The largest absolute Gasteiger partial charge is 0.389 e. The summed E-state index contributed by atoms with van der Waals surface area (Å²) in [5, 5.41) is 15.0. The number of nitrogens with zero attached hydrogens (tertiary/aromatic N) is 3. The zero-order valence-corrected chi connectivity index (χ0v) is 16.7. The summed E-state index contributed by atoms with van der Waals surface area (Å²) in [4.78, 5) is 36.2. The summed E-state index contributed by atoms with van der Waals surface area (Å²) in [6, 6.07) is 9.36. The first-order chi connectivity index (χ1) is 13.5. The average molecular weight is 415 g/mol. The van der Waals surface area contributed by atoms with Crippen LogP contribution in [0.2, 0.25) is 0 Å². The van der Waals surface area contributed by atoms with Crippen molar-refractivity contribution in [2.24, 2.45) is 5.92 Å². The summed E-state index contributed by atoms with van der Waals surface area (Å²) in [6.45, 7) is 2.12. The number of anilines is 2. The van der Waals surface area contributed by atoms with Crippen molar-refractivity contribution in [3.05, 3.63) is 46.4 Å². The molecular formula is C19H18N4O3S2. The molecule has 3 heterocycles. The second kappa shape index (κ2) is 7.78. The number of nitrogens with one attached hydrogen (secondary N) is 1. The summed E-state index contributed by atoms with van der Waals surface area (Å²) >= 11 is 2.72. The molecule has 1 atom stereocenters. The standard InChI is InChI=1S/C19H18N4O3S2/c1-11-17(28-15(9-24)20-11)14-10-27-19(21-14)22-18(26)12-7-16(25)23(8-12)13-5-3-2-4-6-13/h2-6,10,12,24H,7-9H2,1H3,(H,21,22,26). The Bertz CT molecular complexity index is 1020. The van der Waals surface area contributed by atoms with Gasteiger partial charge < -0.3 is 15.3 Å². The highest BCUT2D eigenvalue weighted by Gasteiger charge is 2.35. The summed E-state index contributed by atoms with van der Waals surface area (Å²) in [5.74, 6) is -0.668. The van der Waals surface area contributed by atoms with Gasteiger partial charge in [0.05, 0.1) is 28.8 Å². The molecule has 0 spiro atoms. The molecular weight excluding hydrogens is 396 g/mol. The number of carbonyl (C=O) groups excluding carboxylic acids is 2. The Morgan fingerprint density at radius 3 is 2.82 bits per heavy atom. The number of aliphatic hydroxyl groups is 1. The number of amides is 2. The highest BCUT2D eigenvalue weighted by Crippen LogP contribution is 2.33. The van der Waals surface area contributed by atoms with Gasteiger partial charge in [-0.3, -0.25) is 9.59 Å². The molecule has 0 radical (unpaired) electrons. The minimum absolute atomic E-state index is 0.0528. The lowest BCUT2D eigenvalue weighted by atomic mass is 10.1. The highest BCUT2D eigenvalue weighted by atomic mass is 32.1. The predicted molar refractivity (Wildman–Crippen MR) is 109 cm³/mol.